The first-order valence-electron chi connectivity index (χ1n) is 20.0. The summed E-state index contributed by atoms with van der Waals surface area (Å²) in [4.78, 5) is 0. The van der Waals surface area contributed by atoms with E-state index in [2.05, 4.69) is 72.8 Å². The SMILES string of the molecule is [2H]c1c([2H])c([2H])c2c(-c3cccc(-c4cc5c6ccccc6c6ccccc6c5c5ccccc45)c3)c3c([2H])c([2H])c([2H])c([2H])c3c(-c3ccccc3)c2c1[2H]. The highest BCUT2D eigenvalue weighted by atomic mass is 14.2. The van der Waals surface area contributed by atoms with E-state index >= 15 is 0 Å². The molecule has 0 aliphatic heterocycles. The van der Waals surface area contributed by atoms with Gasteiger partial charge >= 0.3 is 0 Å². The molecule has 0 fully saturated rings. The first-order chi connectivity index (χ1) is 27.2. The molecule has 0 atom stereocenters. The van der Waals surface area contributed by atoms with Gasteiger partial charge in [0.15, 0.2) is 0 Å². The first-order valence-corrected chi connectivity index (χ1v) is 16.0. The van der Waals surface area contributed by atoms with Crippen LogP contribution in [0.4, 0.5) is 0 Å². The summed E-state index contributed by atoms with van der Waals surface area (Å²) in [5, 5.41) is 9.84. The third kappa shape index (κ3) is 3.96. The Morgan fingerprint density at radius 2 is 0.708 bits per heavy atom. The van der Waals surface area contributed by atoms with Crippen molar-refractivity contribution >= 4 is 64.6 Å². The Labute approximate surface area is 290 Å². The molecule has 0 spiro atoms. The number of benzene rings is 10. The van der Waals surface area contributed by atoms with E-state index in [0.717, 1.165) is 48.8 Å². The molecule has 0 heteroatoms. The standard InChI is InChI=1S/C48H30/c1-2-15-31(16-3-1)46-40-25-10-12-27-42(40)47(43-28-13-11-26-41(43)46)33-18-14-17-32(29-33)44-30-45-36-21-5-4-19-34(36)35-20-6-8-23-38(35)48(45)39-24-9-7-22-37(39)44/h1-30H/i10D,11D,12D,13D,25D,26D,27D,28D. The van der Waals surface area contributed by atoms with Gasteiger partial charge in [-0.1, -0.05) is 170 Å². The van der Waals surface area contributed by atoms with Gasteiger partial charge in [0.2, 0.25) is 0 Å². The summed E-state index contributed by atoms with van der Waals surface area (Å²) in [6.07, 6.45) is 0. The van der Waals surface area contributed by atoms with Gasteiger partial charge in [0.1, 0.15) is 0 Å². The molecule has 0 heterocycles. The van der Waals surface area contributed by atoms with Crippen LogP contribution in [0.3, 0.4) is 0 Å². The van der Waals surface area contributed by atoms with Crippen molar-refractivity contribution in [3.05, 3.63) is 182 Å². The maximum atomic E-state index is 9.35. The van der Waals surface area contributed by atoms with E-state index in [9.17, 15) is 5.48 Å². The summed E-state index contributed by atoms with van der Waals surface area (Å²) in [6, 6.07) is 41.6. The summed E-state index contributed by atoms with van der Waals surface area (Å²) in [6.45, 7) is 0. The molecule has 0 N–H and O–H groups in total. The lowest BCUT2D eigenvalue weighted by molar-refractivity contribution is 1.64. The molecular formula is C48H30. The number of rotatable bonds is 3. The van der Waals surface area contributed by atoms with E-state index in [-0.39, 0.29) is 45.7 Å². The molecule has 0 amide bonds. The van der Waals surface area contributed by atoms with Crippen molar-refractivity contribution in [1.29, 1.82) is 0 Å². The number of fused-ring (bicyclic) bond motifs is 10. The summed E-state index contributed by atoms with van der Waals surface area (Å²) in [7, 11) is 0. The molecule has 0 nitrogen and oxygen atoms in total. The molecular weight excluding hydrogens is 577 g/mol. The second kappa shape index (κ2) is 10.7. The van der Waals surface area contributed by atoms with Crippen LogP contribution < -0.4 is 0 Å². The molecule has 0 saturated heterocycles. The fourth-order valence-electron chi connectivity index (χ4n) is 7.65. The van der Waals surface area contributed by atoms with Gasteiger partial charge in [-0.2, -0.15) is 0 Å². The normalized spacial score (nSPS) is 14.1. The van der Waals surface area contributed by atoms with E-state index in [1.54, 1.807) is 12.1 Å². The van der Waals surface area contributed by atoms with Gasteiger partial charge in [0.05, 0.1) is 11.0 Å². The molecule has 0 radical (unpaired) electrons. The Morgan fingerprint density at radius 1 is 0.292 bits per heavy atom. The van der Waals surface area contributed by atoms with Gasteiger partial charge in [0, 0.05) is 0 Å². The molecule has 0 aromatic heterocycles. The van der Waals surface area contributed by atoms with Crippen molar-refractivity contribution in [2.45, 2.75) is 0 Å². The van der Waals surface area contributed by atoms with Crippen molar-refractivity contribution in [2.75, 3.05) is 0 Å². The highest BCUT2D eigenvalue weighted by Crippen LogP contribution is 2.46. The van der Waals surface area contributed by atoms with Crippen LogP contribution in [0.1, 0.15) is 11.0 Å². The molecule has 0 unspecified atom stereocenters. The fourth-order valence-corrected chi connectivity index (χ4v) is 7.65. The minimum absolute atomic E-state index is 0.199. The highest BCUT2D eigenvalue weighted by molar-refractivity contribution is 6.33. The molecule has 10 aromatic carbocycles. The predicted molar refractivity (Wildman–Crippen MR) is 208 cm³/mol. The van der Waals surface area contributed by atoms with Crippen molar-refractivity contribution in [3.8, 4) is 33.4 Å². The molecule has 0 aliphatic rings. The summed E-state index contributed by atoms with van der Waals surface area (Å²) >= 11 is 0. The van der Waals surface area contributed by atoms with Crippen molar-refractivity contribution in [1.82, 2.24) is 0 Å². The second-order valence-electron chi connectivity index (χ2n) is 12.2. The maximum Gasteiger partial charge on any atom is 0.0629 e. The Balaban J connectivity index is 1.38. The third-order valence-corrected chi connectivity index (χ3v) is 9.65. The molecule has 10 aromatic rings. The van der Waals surface area contributed by atoms with Crippen molar-refractivity contribution in [2.24, 2.45) is 0 Å². The van der Waals surface area contributed by atoms with Gasteiger partial charge in [-0.25, -0.2) is 0 Å². The first kappa shape index (κ1) is 20.1. The van der Waals surface area contributed by atoms with Crippen LogP contribution in [-0.4, -0.2) is 0 Å². The number of hydrogen-bond donors (Lipinski definition) is 0. The zero-order valence-electron chi connectivity index (χ0n) is 33.7. The topological polar surface area (TPSA) is 0 Å². The third-order valence-electron chi connectivity index (χ3n) is 9.65. The highest BCUT2D eigenvalue weighted by Gasteiger charge is 2.18. The zero-order valence-corrected chi connectivity index (χ0v) is 25.7. The lowest BCUT2D eigenvalue weighted by Gasteiger charge is -2.19. The van der Waals surface area contributed by atoms with Crippen molar-refractivity contribution in [3.63, 3.8) is 0 Å². The Bertz CT molecular complexity index is 3250. The quantitative estimate of drug-likeness (QED) is 0.137. The van der Waals surface area contributed by atoms with Crippen LogP contribution in [0.2, 0.25) is 0 Å². The lowest BCUT2D eigenvalue weighted by atomic mass is 9.84. The molecule has 222 valence electrons. The van der Waals surface area contributed by atoms with Gasteiger partial charge in [-0.15, -0.1) is 0 Å². The van der Waals surface area contributed by atoms with E-state index in [4.69, 9.17) is 5.48 Å². The van der Waals surface area contributed by atoms with Gasteiger partial charge in [0.25, 0.3) is 0 Å². The van der Waals surface area contributed by atoms with Gasteiger partial charge < -0.3 is 0 Å². The monoisotopic (exact) mass is 614 g/mol. The molecule has 0 bridgehead atoms. The molecule has 48 heavy (non-hydrogen) atoms. The van der Waals surface area contributed by atoms with Crippen LogP contribution in [0.5, 0.6) is 0 Å². The Hall–Kier alpha value is -6.24. The van der Waals surface area contributed by atoms with Crippen LogP contribution in [0.15, 0.2) is 182 Å². The van der Waals surface area contributed by atoms with Crippen LogP contribution >= 0.6 is 0 Å². The average molecular weight is 615 g/mol. The zero-order chi connectivity index (χ0) is 38.6. The maximum absolute atomic E-state index is 9.35. The Kier molecular flexibility index (Phi) is 4.46. The van der Waals surface area contributed by atoms with Crippen molar-refractivity contribution < 1.29 is 11.0 Å². The molecule has 0 aliphatic carbocycles. The van der Waals surface area contributed by atoms with E-state index < -0.39 is 24.2 Å². The summed E-state index contributed by atoms with van der Waals surface area (Å²) in [5.74, 6) is 0. The van der Waals surface area contributed by atoms with Crippen LogP contribution in [0, 0.1) is 0 Å². The lowest BCUT2D eigenvalue weighted by Crippen LogP contribution is -1.91. The summed E-state index contributed by atoms with van der Waals surface area (Å²) < 4.78 is 72.3. The Morgan fingerprint density at radius 3 is 1.31 bits per heavy atom. The van der Waals surface area contributed by atoms with Gasteiger partial charge in [-0.05, 0) is 110 Å². The molecule has 0 saturated carbocycles. The fraction of sp³-hybridized carbons (Fsp3) is 0. The predicted octanol–water partition coefficient (Wildman–Crippen LogP) is 13.6. The van der Waals surface area contributed by atoms with E-state index in [1.165, 1.54) is 5.39 Å². The van der Waals surface area contributed by atoms with Crippen LogP contribution in [0.25, 0.3) is 98.0 Å². The van der Waals surface area contributed by atoms with Crippen LogP contribution in [-0.2, 0) is 0 Å². The molecule has 10 rings (SSSR count). The smallest absolute Gasteiger partial charge is 0.0622 e. The van der Waals surface area contributed by atoms with E-state index in [1.807, 2.05) is 48.5 Å². The minimum Gasteiger partial charge on any atom is -0.0622 e. The average Bonchev–Trinajstić information content (AvgIpc) is 3.25. The number of hydrogen-bond acceptors (Lipinski definition) is 0. The summed E-state index contributed by atoms with van der Waals surface area (Å²) in [5.41, 5.74) is 3.65. The van der Waals surface area contributed by atoms with E-state index in [0.29, 0.717) is 22.3 Å². The van der Waals surface area contributed by atoms with Gasteiger partial charge in [-0.3, -0.25) is 0 Å². The largest absolute Gasteiger partial charge is 0.0629 e. The second-order valence-corrected chi connectivity index (χ2v) is 12.2. The minimum atomic E-state index is -0.418.